The van der Waals surface area contributed by atoms with E-state index in [-0.39, 0.29) is 0 Å². The van der Waals surface area contributed by atoms with Gasteiger partial charge in [-0.25, -0.2) is 0 Å². The van der Waals surface area contributed by atoms with Crippen LogP contribution >= 0.6 is 0 Å². The molecule has 5 heteroatoms. The average molecular weight is 360 g/mol. The topological polar surface area (TPSA) is 64.8 Å². The Bertz CT molecular complexity index is 571. The monoisotopic (exact) mass is 360 g/mol. The zero-order valence-electron chi connectivity index (χ0n) is 15.9. The second-order valence-corrected chi connectivity index (χ2v) is 7.63. The maximum atomic E-state index is 11.1. The van der Waals surface area contributed by atoms with Crippen molar-refractivity contribution in [2.24, 2.45) is 11.7 Å². The summed E-state index contributed by atoms with van der Waals surface area (Å²) in [5, 5.41) is 0. The highest BCUT2D eigenvalue weighted by Gasteiger charge is 2.37. The molecule has 3 rings (SSSR count). The Kier molecular flexibility index (Phi) is 6.92. The number of morpholine rings is 1. The smallest absolute Gasteiger partial charge is 0.248 e. The number of carbonyl (C=O) groups excluding carboxylic acids is 1. The maximum absolute atomic E-state index is 11.1. The van der Waals surface area contributed by atoms with Crippen molar-refractivity contribution in [3.8, 4) is 5.75 Å². The molecule has 1 saturated carbocycles. The number of unbranched alkanes of at least 4 members (excludes halogenated alkanes) is 1. The zero-order chi connectivity index (χ0) is 18.4. The van der Waals surface area contributed by atoms with E-state index in [2.05, 4.69) is 11.8 Å². The second-order valence-electron chi connectivity index (χ2n) is 7.63. The van der Waals surface area contributed by atoms with Gasteiger partial charge in [0.05, 0.1) is 18.8 Å². The second kappa shape index (κ2) is 9.38. The fraction of sp³-hybridized carbons (Fsp3) is 0.667. The minimum Gasteiger partial charge on any atom is -0.494 e. The van der Waals surface area contributed by atoms with E-state index in [9.17, 15) is 4.79 Å². The molecular formula is C21H32N2O3. The van der Waals surface area contributed by atoms with Gasteiger partial charge < -0.3 is 15.2 Å². The molecule has 1 aliphatic heterocycles. The molecule has 2 atom stereocenters. The first kappa shape index (κ1) is 19.2. The first-order valence-electron chi connectivity index (χ1n) is 10.1. The summed E-state index contributed by atoms with van der Waals surface area (Å²) < 4.78 is 12.1. The number of carbonyl (C=O) groups is 1. The summed E-state index contributed by atoms with van der Waals surface area (Å²) in [5.74, 6) is 1.17. The first-order chi connectivity index (χ1) is 12.7. The van der Waals surface area contributed by atoms with Gasteiger partial charge in [-0.05, 0) is 55.9 Å². The van der Waals surface area contributed by atoms with E-state index in [0.29, 0.717) is 24.4 Å². The third-order valence-corrected chi connectivity index (χ3v) is 5.32. The first-order valence-corrected chi connectivity index (χ1v) is 10.1. The van der Waals surface area contributed by atoms with Crippen molar-refractivity contribution in [3.05, 3.63) is 29.8 Å². The Morgan fingerprint density at radius 1 is 1.23 bits per heavy atom. The van der Waals surface area contributed by atoms with E-state index in [0.717, 1.165) is 37.7 Å². The fourth-order valence-corrected chi connectivity index (χ4v) is 3.65. The number of primary amides is 1. The van der Waals surface area contributed by atoms with Crippen LogP contribution in [0.1, 0.15) is 55.8 Å². The van der Waals surface area contributed by atoms with Crippen molar-refractivity contribution in [1.29, 1.82) is 0 Å². The summed E-state index contributed by atoms with van der Waals surface area (Å²) in [4.78, 5) is 13.6. The van der Waals surface area contributed by atoms with E-state index in [1.165, 1.54) is 32.1 Å². The largest absolute Gasteiger partial charge is 0.494 e. The molecule has 0 unspecified atom stereocenters. The number of amides is 1. The van der Waals surface area contributed by atoms with Crippen molar-refractivity contribution < 1.29 is 14.3 Å². The lowest BCUT2D eigenvalue weighted by Crippen LogP contribution is -2.48. The van der Waals surface area contributed by atoms with Crippen LogP contribution in [0.25, 0.3) is 0 Å². The van der Waals surface area contributed by atoms with E-state index < -0.39 is 5.91 Å². The van der Waals surface area contributed by atoms with Gasteiger partial charge in [-0.2, -0.15) is 0 Å². The molecule has 0 spiro atoms. The van der Waals surface area contributed by atoms with Crippen LogP contribution in [0.15, 0.2) is 24.3 Å². The van der Waals surface area contributed by atoms with Crippen molar-refractivity contribution in [2.75, 3.05) is 26.2 Å². The standard InChI is InChI=1S/C21H32N2O3/c1-2-3-5-19-14-23(15-20(26-19)16-6-7-16)12-4-13-25-18-10-8-17(9-11-18)21(22)24/h8-11,16,19-20H,2-7,12-15H2,1H3,(H2,22,24)/t19-,20-/m1/s1. The van der Waals surface area contributed by atoms with Gasteiger partial charge in [0.1, 0.15) is 5.75 Å². The summed E-state index contributed by atoms with van der Waals surface area (Å²) in [7, 11) is 0. The SMILES string of the molecule is CCCC[C@@H]1CN(CCCOc2ccc(C(N)=O)cc2)C[C@H](C2CC2)O1. The molecule has 26 heavy (non-hydrogen) atoms. The van der Waals surface area contributed by atoms with Crippen molar-refractivity contribution in [3.63, 3.8) is 0 Å². The summed E-state index contributed by atoms with van der Waals surface area (Å²) >= 11 is 0. The van der Waals surface area contributed by atoms with Gasteiger partial charge in [-0.3, -0.25) is 9.69 Å². The number of benzene rings is 1. The third-order valence-electron chi connectivity index (χ3n) is 5.32. The van der Waals surface area contributed by atoms with Gasteiger partial charge in [0, 0.05) is 25.2 Å². The Hall–Kier alpha value is -1.59. The fourth-order valence-electron chi connectivity index (χ4n) is 3.65. The van der Waals surface area contributed by atoms with E-state index in [1.807, 2.05) is 0 Å². The van der Waals surface area contributed by atoms with Gasteiger partial charge in [0.15, 0.2) is 0 Å². The number of hydrogen-bond donors (Lipinski definition) is 1. The molecule has 1 saturated heterocycles. The van der Waals surface area contributed by atoms with Crippen LogP contribution in [0.4, 0.5) is 0 Å². The normalized spacial score (nSPS) is 23.7. The Morgan fingerprint density at radius 3 is 2.65 bits per heavy atom. The molecule has 1 amide bonds. The van der Waals surface area contributed by atoms with Crippen LogP contribution in [0, 0.1) is 5.92 Å². The van der Waals surface area contributed by atoms with Crippen LogP contribution in [0.5, 0.6) is 5.75 Å². The van der Waals surface area contributed by atoms with Gasteiger partial charge in [0.25, 0.3) is 0 Å². The Balaban J connectivity index is 1.40. The Morgan fingerprint density at radius 2 is 2.00 bits per heavy atom. The van der Waals surface area contributed by atoms with Gasteiger partial charge in [-0.15, -0.1) is 0 Å². The van der Waals surface area contributed by atoms with Gasteiger partial charge in [-0.1, -0.05) is 19.8 Å². The lowest BCUT2D eigenvalue weighted by molar-refractivity contribution is -0.0975. The molecule has 1 aromatic carbocycles. The maximum Gasteiger partial charge on any atom is 0.248 e. The molecule has 144 valence electrons. The molecule has 1 aromatic rings. The lowest BCUT2D eigenvalue weighted by atomic mass is 10.1. The molecule has 0 aromatic heterocycles. The number of nitrogens with zero attached hydrogens (tertiary/aromatic N) is 1. The van der Waals surface area contributed by atoms with Gasteiger partial charge in [0.2, 0.25) is 5.91 Å². The average Bonchev–Trinajstić information content (AvgIpc) is 3.49. The zero-order valence-corrected chi connectivity index (χ0v) is 15.9. The summed E-state index contributed by atoms with van der Waals surface area (Å²) in [6.45, 7) is 6.10. The predicted octanol–water partition coefficient (Wildman–Crippen LogP) is 3.22. The van der Waals surface area contributed by atoms with Gasteiger partial charge >= 0.3 is 0 Å². The molecular weight excluding hydrogens is 328 g/mol. The minimum atomic E-state index is -0.410. The predicted molar refractivity (Wildman–Crippen MR) is 102 cm³/mol. The van der Waals surface area contributed by atoms with Crippen LogP contribution in [0.3, 0.4) is 0 Å². The van der Waals surface area contributed by atoms with Crippen molar-refractivity contribution >= 4 is 5.91 Å². The number of ether oxygens (including phenoxy) is 2. The number of rotatable bonds is 10. The van der Waals surface area contributed by atoms with Crippen molar-refractivity contribution in [2.45, 2.75) is 57.7 Å². The highest BCUT2D eigenvalue weighted by Crippen LogP contribution is 2.37. The van der Waals surface area contributed by atoms with Crippen LogP contribution in [0.2, 0.25) is 0 Å². The van der Waals surface area contributed by atoms with Crippen LogP contribution in [-0.4, -0.2) is 49.3 Å². The lowest BCUT2D eigenvalue weighted by Gasteiger charge is -2.38. The van der Waals surface area contributed by atoms with Crippen molar-refractivity contribution in [1.82, 2.24) is 4.90 Å². The van der Waals surface area contributed by atoms with Crippen LogP contribution < -0.4 is 10.5 Å². The summed E-state index contributed by atoms with van der Waals surface area (Å²) in [6, 6.07) is 7.02. The molecule has 0 radical (unpaired) electrons. The molecule has 2 N–H and O–H groups in total. The molecule has 0 bridgehead atoms. The third kappa shape index (κ3) is 5.71. The highest BCUT2D eigenvalue weighted by molar-refractivity contribution is 5.92. The highest BCUT2D eigenvalue weighted by atomic mass is 16.5. The molecule has 1 heterocycles. The summed E-state index contributed by atoms with van der Waals surface area (Å²) in [6.07, 6.45) is 8.17. The quantitative estimate of drug-likeness (QED) is 0.651. The molecule has 1 aliphatic carbocycles. The minimum absolute atomic E-state index is 0.400. The van der Waals surface area contributed by atoms with Crippen LogP contribution in [-0.2, 0) is 4.74 Å². The van der Waals surface area contributed by atoms with E-state index in [1.54, 1.807) is 24.3 Å². The molecule has 2 aliphatic rings. The molecule has 2 fully saturated rings. The number of nitrogens with two attached hydrogens (primary N) is 1. The van der Waals surface area contributed by atoms with E-state index >= 15 is 0 Å². The number of hydrogen-bond acceptors (Lipinski definition) is 4. The molecule has 5 nitrogen and oxygen atoms in total. The summed E-state index contributed by atoms with van der Waals surface area (Å²) in [5.41, 5.74) is 5.76. The Labute approximate surface area is 156 Å². The van der Waals surface area contributed by atoms with E-state index in [4.69, 9.17) is 15.2 Å².